The molecule has 0 saturated carbocycles. The molecular formula is C15H27O6Ti+3. The number of hydrogen-bond acceptors (Lipinski definition) is 3. The van der Waals surface area contributed by atoms with Crippen LogP contribution in [0.3, 0.4) is 0 Å². The topological polar surface area (TPSA) is 125 Å². The van der Waals surface area contributed by atoms with Gasteiger partial charge in [0.25, 0.3) is 0 Å². The molecule has 0 bridgehead atoms. The number of aliphatic hydroxyl groups is 3. The van der Waals surface area contributed by atoms with Crippen molar-refractivity contribution in [2.24, 2.45) is 0 Å². The van der Waals surface area contributed by atoms with Gasteiger partial charge in [-0.3, -0.25) is 14.4 Å². The molecule has 0 aliphatic carbocycles. The summed E-state index contributed by atoms with van der Waals surface area (Å²) in [5.41, 5.74) is 0. The molecule has 0 heterocycles. The van der Waals surface area contributed by atoms with E-state index in [-0.39, 0.29) is 56.3 Å². The third kappa shape index (κ3) is 51.6. The predicted octanol–water partition coefficient (Wildman–Crippen LogP) is 3.04. The summed E-state index contributed by atoms with van der Waals surface area (Å²) in [5, 5.41) is 25.2. The Bertz CT molecular complexity index is 368. The first-order chi connectivity index (χ1) is 9.38. The van der Waals surface area contributed by atoms with Gasteiger partial charge in [-0.05, 0) is 20.8 Å². The molecule has 0 amide bonds. The van der Waals surface area contributed by atoms with Crippen LogP contribution in [-0.2, 0) is 21.7 Å². The molecule has 124 valence electrons. The largest absolute Gasteiger partial charge is 0.512 e. The number of rotatable bonds is 3. The monoisotopic (exact) mass is 351 g/mol. The summed E-state index contributed by atoms with van der Waals surface area (Å²) in [7, 11) is 0. The summed E-state index contributed by atoms with van der Waals surface area (Å²) in [6, 6.07) is 0. The van der Waals surface area contributed by atoms with Gasteiger partial charge < -0.3 is 15.3 Å². The molecular weight excluding hydrogens is 324 g/mol. The molecule has 0 aromatic rings. The van der Waals surface area contributed by atoms with E-state index in [0.29, 0.717) is 0 Å². The molecule has 0 atom stereocenters. The van der Waals surface area contributed by atoms with Crippen LogP contribution in [0, 0.1) is 0 Å². The zero-order chi connectivity index (χ0) is 17.6. The summed E-state index contributed by atoms with van der Waals surface area (Å²) in [6.45, 7) is 9.00. The smallest absolute Gasteiger partial charge is 0.316 e. The number of ketones is 3. The Morgan fingerprint density at radius 3 is 0.682 bits per heavy atom. The van der Waals surface area contributed by atoms with Gasteiger partial charge in [-0.25, -0.2) is 0 Å². The predicted molar refractivity (Wildman–Crippen MR) is 87.0 cm³/mol. The van der Waals surface area contributed by atoms with Gasteiger partial charge in [-0.1, -0.05) is 0 Å². The number of allylic oxidation sites excluding steroid dienone is 6. The van der Waals surface area contributed by atoms with E-state index in [9.17, 15) is 0 Å². The van der Waals surface area contributed by atoms with E-state index >= 15 is 0 Å². The van der Waals surface area contributed by atoms with Crippen molar-refractivity contribution in [1.29, 1.82) is 0 Å². The number of carbonyl (C=O) groups excluding carboxylic acids is 3. The van der Waals surface area contributed by atoms with Crippen molar-refractivity contribution in [2.75, 3.05) is 0 Å². The second-order valence-electron chi connectivity index (χ2n) is 4.28. The molecule has 0 unspecified atom stereocenters. The number of aliphatic hydroxyl groups excluding tert-OH is 3. The molecule has 0 rings (SSSR count). The van der Waals surface area contributed by atoms with Gasteiger partial charge in [0.1, 0.15) is 0 Å². The van der Waals surface area contributed by atoms with Crippen molar-refractivity contribution >= 4 is 17.3 Å². The summed E-state index contributed by atoms with van der Waals surface area (Å²) in [5.74, 6) is 0.750. The van der Waals surface area contributed by atoms with Crippen LogP contribution in [0.2, 0.25) is 0 Å². The number of hydrogen-bond donors (Lipinski definition) is 3. The van der Waals surface area contributed by atoms with Crippen molar-refractivity contribution in [2.45, 2.75) is 41.5 Å². The minimum absolute atomic E-state index is 0. The maximum atomic E-state index is 8.40. The van der Waals surface area contributed by atoms with E-state index in [4.69, 9.17) is 29.7 Å². The van der Waals surface area contributed by atoms with E-state index in [1.54, 1.807) is 0 Å². The SMILES string of the molecule is CC(=[OH+])/C=C(/C)O.CC(=[OH+])/C=C(/C)O.CC(=[OH+])/C=C(/C)O.[Ti]. The minimum atomic E-state index is 0. The summed E-state index contributed by atoms with van der Waals surface area (Å²) in [4.78, 5) is 25.2. The van der Waals surface area contributed by atoms with E-state index in [1.807, 2.05) is 0 Å². The average Bonchev–Trinajstić information content (AvgIpc) is 2.10. The normalized spacial score (nSPS) is 10.9. The summed E-state index contributed by atoms with van der Waals surface area (Å²) in [6.07, 6.45) is 3.83. The maximum absolute atomic E-state index is 8.40. The molecule has 22 heavy (non-hydrogen) atoms. The summed E-state index contributed by atoms with van der Waals surface area (Å²) < 4.78 is 0. The maximum Gasteiger partial charge on any atom is 0.316 e. The fourth-order valence-electron chi connectivity index (χ4n) is 0.907. The van der Waals surface area contributed by atoms with Gasteiger partial charge in [-0.2, -0.15) is 0 Å². The Kier molecular flexibility index (Phi) is 22.5. The van der Waals surface area contributed by atoms with Crippen molar-refractivity contribution in [3.05, 3.63) is 35.5 Å². The van der Waals surface area contributed by atoms with Crippen molar-refractivity contribution in [1.82, 2.24) is 0 Å². The first-order valence-corrected chi connectivity index (χ1v) is 6.07. The first kappa shape index (κ1) is 28.5. The van der Waals surface area contributed by atoms with Crippen LogP contribution in [0.4, 0.5) is 0 Å². The van der Waals surface area contributed by atoms with Crippen molar-refractivity contribution in [3.63, 3.8) is 0 Å². The average molecular weight is 351 g/mol. The van der Waals surface area contributed by atoms with Gasteiger partial charge in [0, 0.05) is 21.7 Å². The Hall–Kier alpha value is -1.66. The van der Waals surface area contributed by atoms with Gasteiger partial charge in [0.05, 0.1) is 56.3 Å². The molecule has 0 aromatic carbocycles. The molecule has 6 nitrogen and oxygen atoms in total. The Balaban J connectivity index is -0.000000108. The summed E-state index contributed by atoms with van der Waals surface area (Å²) >= 11 is 0. The van der Waals surface area contributed by atoms with Crippen molar-refractivity contribution in [3.8, 4) is 0 Å². The van der Waals surface area contributed by atoms with Gasteiger partial charge in [0.2, 0.25) is 0 Å². The van der Waals surface area contributed by atoms with Crippen LogP contribution in [0.1, 0.15) is 41.5 Å². The second-order valence-corrected chi connectivity index (χ2v) is 4.28. The van der Waals surface area contributed by atoms with Gasteiger partial charge in [-0.15, -0.1) is 0 Å². The Morgan fingerprint density at radius 1 is 0.545 bits per heavy atom. The standard InChI is InChI=1S/3C5H8O2.Ti/c3*1-4(6)3-5(2)7;/h3*3,6H,1-2H3;/p+3/b3*4-3-;. The fraction of sp³-hybridized carbons (Fsp3) is 0.400. The minimum Gasteiger partial charge on any atom is -0.512 e. The first-order valence-electron chi connectivity index (χ1n) is 6.07. The van der Waals surface area contributed by atoms with E-state index in [2.05, 4.69) is 0 Å². The van der Waals surface area contributed by atoms with Crippen LogP contribution in [0.5, 0.6) is 0 Å². The molecule has 0 fully saturated rings. The Labute approximate surface area is 146 Å². The van der Waals surface area contributed by atoms with Gasteiger partial charge in [0.15, 0.2) is 0 Å². The Morgan fingerprint density at radius 2 is 0.682 bits per heavy atom. The van der Waals surface area contributed by atoms with Crippen molar-refractivity contribution < 1.29 is 51.4 Å². The van der Waals surface area contributed by atoms with E-state index in [0.717, 1.165) is 0 Å². The third-order valence-electron chi connectivity index (χ3n) is 1.25. The van der Waals surface area contributed by atoms with E-state index in [1.165, 1.54) is 59.8 Å². The molecule has 6 N–H and O–H groups in total. The quantitative estimate of drug-likeness (QED) is 0.313. The van der Waals surface area contributed by atoms with Crippen LogP contribution >= 0.6 is 0 Å². The molecule has 0 spiro atoms. The molecule has 0 aromatic heterocycles. The molecule has 0 radical (unpaired) electrons. The third-order valence-corrected chi connectivity index (χ3v) is 1.25. The van der Waals surface area contributed by atoms with Gasteiger partial charge >= 0.3 is 17.3 Å². The van der Waals surface area contributed by atoms with Crippen LogP contribution in [0.15, 0.2) is 35.5 Å². The molecule has 0 saturated heterocycles. The zero-order valence-electron chi connectivity index (χ0n) is 13.9. The fourth-order valence-corrected chi connectivity index (χ4v) is 0.907. The van der Waals surface area contributed by atoms with Crippen LogP contribution in [0.25, 0.3) is 0 Å². The van der Waals surface area contributed by atoms with Crippen LogP contribution < -0.4 is 0 Å². The second kappa shape index (κ2) is 17.4. The van der Waals surface area contributed by atoms with Crippen LogP contribution in [-0.4, -0.2) is 47.1 Å². The van der Waals surface area contributed by atoms with E-state index < -0.39 is 0 Å². The zero-order valence-corrected chi connectivity index (χ0v) is 15.5. The molecule has 0 aliphatic heterocycles. The molecule has 0 aliphatic rings. The molecule has 7 heteroatoms.